The second kappa shape index (κ2) is 11.2. The highest BCUT2D eigenvalue weighted by molar-refractivity contribution is 5.88. The number of allylic oxidation sites excluding steroid dienone is 4. The maximum Gasteiger partial charge on any atom is 0.303 e. The molecule has 0 radical (unpaired) electrons. The Morgan fingerprint density at radius 3 is 2.72 bits per heavy atom. The van der Waals surface area contributed by atoms with Gasteiger partial charge >= 0.3 is 5.97 Å². The molecule has 0 amide bonds. The summed E-state index contributed by atoms with van der Waals surface area (Å²) in [7, 11) is 0. The van der Waals surface area contributed by atoms with Gasteiger partial charge in [0.25, 0.3) is 0 Å². The van der Waals surface area contributed by atoms with Gasteiger partial charge in [0.15, 0.2) is 0 Å². The van der Waals surface area contributed by atoms with E-state index >= 15 is 0 Å². The third-order valence-corrected chi connectivity index (χ3v) is 4.97. The predicted octanol–water partition coefficient (Wildman–Crippen LogP) is 4.81. The van der Waals surface area contributed by atoms with Gasteiger partial charge in [-0.15, -0.1) is 0 Å². The van der Waals surface area contributed by atoms with Crippen LogP contribution in [0.2, 0.25) is 0 Å². The topological polar surface area (TPSA) is 74.6 Å². The van der Waals surface area contributed by atoms with Gasteiger partial charge in [0, 0.05) is 18.8 Å². The van der Waals surface area contributed by atoms with Crippen LogP contribution < -0.4 is 0 Å². The third-order valence-electron chi connectivity index (χ3n) is 4.97. The molecule has 0 saturated carbocycles. The molecule has 0 heterocycles. The van der Waals surface area contributed by atoms with Crippen molar-refractivity contribution in [3.63, 3.8) is 0 Å². The highest BCUT2D eigenvalue weighted by Crippen LogP contribution is 2.32. The fourth-order valence-electron chi connectivity index (χ4n) is 3.30. The van der Waals surface area contributed by atoms with Crippen molar-refractivity contribution < 1.29 is 19.8 Å². The lowest BCUT2D eigenvalue weighted by Gasteiger charge is -2.24. The number of carboxylic acid groups (broad SMARTS) is 1. The summed E-state index contributed by atoms with van der Waals surface area (Å²) in [5.74, 6) is -0.562. The second-order valence-electron chi connectivity index (χ2n) is 7.45. The number of Topliss-reactive ketones (excluding diaryl/α,β-unsaturated/α-hetero) is 1. The van der Waals surface area contributed by atoms with Crippen molar-refractivity contribution in [2.45, 2.75) is 90.1 Å². The first kappa shape index (κ1) is 21.6. The molecule has 0 spiro atoms. The zero-order valence-electron chi connectivity index (χ0n) is 15.8. The van der Waals surface area contributed by atoms with E-state index in [0.29, 0.717) is 25.7 Å². The molecule has 4 heteroatoms. The molecular weight excluding hydrogens is 316 g/mol. The maximum absolute atomic E-state index is 12.1. The van der Waals surface area contributed by atoms with Gasteiger partial charge in [0.05, 0.1) is 5.60 Å². The average Bonchev–Trinajstić information content (AvgIpc) is 2.89. The normalized spacial score (nSPS) is 20.0. The molecule has 2 atom stereocenters. The van der Waals surface area contributed by atoms with Gasteiger partial charge in [-0.3, -0.25) is 9.59 Å². The van der Waals surface area contributed by atoms with Gasteiger partial charge in [0.1, 0.15) is 5.78 Å². The molecule has 4 nitrogen and oxygen atoms in total. The van der Waals surface area contributed by atoms with Crippen LogP contribution in [0.5, 0.6) is 0 Å². The van der Waals surface area contributed by atoms with E-state index in [4.69, 9.17) is 5.11 Å². The Bertz CT molecular complexity index is 488. The number of carbonyl (C=O) groups excluding carboxylic acids is 1. The number of hydrogen-bond acceptors (Lipinski definition) is 3. The fourth-order valence-corrected chi connectivity index (χ4v) is 3.30. The first-order valence-corrected chi connectivity index (χ1v) is 9.66. The number of ketones is 1. The van der Waals surface area contributed by atoms with Crippen LogP contribution in [0.1, 0.15) is 84.5 Å². The van der Waals surface area contributed by atoms with Crippen molar-refractivity contribution in [3.8, 4) is 0 Å². The molecular formula is C21H34O4. The van der Waals surface area contributed by atoms with E-state index in [-0.39, 0.29) is 18.1 Å². The Kier molecular flexibility index (Phi) is 9.73. The maximum atomic E-state index is 12.1. The second-order valence-corrected chi connectivity index (χ2v) is 7.45. The number of unbranched alkanes of at least 4 members (excludes halogenated alkanes) is 3. The van der Waals surface area contributed by atoms with Crippen molar-refractivity contribution >= 4 is 11.8 Å². The minimum atomic E-state index is -0.768. The number of carbonyl (C=O) groups is 2. The summed E-state index contributed by atoms with van der Waals surface area (Å²) >= 11 is 0. The molecule has 2 N–H and O–H groups in total. The van der Waals surface area contributed by atoms with E-state index < -0.39 is 11.6 Å². The quantitative estimate of drug-likeness (QED) is 0.369. The molecule has 0 fully saturated rings. The van der Waals surface area contributed by atoms with Crippen LogP contribution in [0.3, 0.4) is 0 Å². The van der Waals surface area contributed by atoms with Crippen molar-refractivity contribution in [2.75, 3.05) is 0 Å². The lowest BCUT2D eigenvalue weighted by molar-refractivity contribution is -0.137. The minimum absolute atomic E-state index is 0.0536. The van der Waals surface area contributed by atoms with Crippen molar-refractivity contribution in [2.24, 2.45) is 5.92 Å². The van der Waals surface area contributed by atoms with Crippen LogP contribution in [0.15, 0.2) is 23.8 Å². The van der Waals surface area contributed by atoms with Gasteiger partial charge in [-0.1, -0.05) is 50.0 Å². The first-order valence-electron chi connectivity index (χ1n) is 9.66. The van der Waals surface area contributed by atoms with Crippen LogP contribution >= 0.6 is 0 Å². The van der Waals surface area contributed by atoms with E-state index in [1.54, 1.807) is 0 Å². The molecule has 142 valence electrons. The van der Waals surface area contributed by atoms with Gasteiger partial charge in [-0.2, -0.15) is 0 Å². The number of aliphatic hydroxyl groups is 1. The number of rotatable bonds is 13. The smallest absolute Gasteiger partial charge is 0.303 e. The van der Waals surface area contributed by atoms with Crippen molar-refractivity contribution in [1.29, 1.82) is 0 Å². The summed E-state index contributed by atoms with van der Waals surface area (Å²) in [6, 6.07) is 0. The molecule has 0 bridgehead atoms. The molecule has 25 heavy (non-hydrogen) atoms. The molecule has 0 aliphatic heterocycles. The third kappa shape index (κ3) is 9.01. The summed E-state index contributed by atoms with van der Waals surface area (Å²) in [6.07, 6.45) is 14.4. The average molecular weight is 350 g/mol. The van der Waals surface area contributed by atoms with Crippen LogP contribution in [0.25, 0.3) is 0 Å². The van der Waals surface area contributed by atoms with Crippen LogP contribution in [0, 0.1) is 5.92 Å². The van der Waals surface area contributed by atoms with Crippen LogP contribution in [-0.4, -0.2) is 27.6 Å². The van der Waals surface area contributed by atoms with Gasteiger partial charge < -0.3 is 10.2 Å². The van der Waals surface area contributed by atoms with Gasteiger partial charge in [-0.05, 0) is 45.4 Å². The molecule has 0 aromatic rings. The molecule has 1 aliphatic carbocycles. The van der Waals surface area contributed by atoms with Crippen molar-refractivity contribution in [1.82, 2.24) is 0 Å². The molecule has 0 aromatic carbocycles. The number of aliphatic carboxylic acids is 1. The van der Waals surface area contributed by atoms with E-state index in [1.165, 1.54) is 0 Å². The molecule has 1 unspecified atom stereocenters. The fraction of sp³-hybridized carbons (Fsp3) is 0.714. The molecule has 0 saturated heterocycles. The number of hydrogen-bond donors (Lipinski definition) is 2. The van der Waals surface area contributed by atoms with Crippen LogP contribution in [0.4, 0.5) is 0 Å². The predicted molar refractivity (Wildman–Crippen MR) is 100 cm³/mol. The summed E-state index contributed by atoms with van der Waals surface area (Å²) in [4.78, 5) is 22.6. The Labute approximate surface area is 152 Å². The molecule has 1 rings (SSSR count). The zero-order chi connectivity index (χ0) is 18.7. The SMILES string of the molecule is CCCCCC(C)(O)CCC1=CCC(=O)[C@@H]1C/C=C\CCCC(=O)O. The lowest BCUT2D eigenvalue weighted by Crippen LogP contribution is -2.24. The summed E-state index contributed by atoms with van der Waals surface area (Å²) in [5, 5.41) is 19.1. The van der Waals surface area contributed by atoms with E-state index in [1.807, 2.05) is 25.2 Å². The first-order chi connectivity index (χ1) is 11.9. The highest BCUT2D eigenvalue weighted by Gasteiger charge is 2.28. The van der Waals surface area contributed by atoms with E-state index in [2.05, 4.69) is 6.92 Å². The summed E-state index contributed by atoms with van der Waals surface area (Å²) < 4.78 is 0. The Hall–Kier alpha value is -1.42. The molecule has 0 aromatic heterocycles. The minimum Gasteiger partial charge on any atom is -0.481 e. The Morgan fingerprint density at radius 1 is 1.28 bits per heavy atom. The zero-order valence-corrected chi connectivity index (χ0v) is 15.8. The molecule has 1 aliphatic rings. The van der Waals surface area contributed by atoms with Crippen molar-refractivity contribution in [3.05, 3.63) is 23.8 Å². The van der Waals surface area contributed by atoms with Gasteiger partial charge in [-0.25, -0.2) is 0 Å². The summed E-state index contributed by atoms with van der Waals surface area (Å²) in [5.41, 5.74) is 0.509. The summed E-state index contributed by atoms with van der Waals surface area (Å²) in [6.45, 7) is 4.06. The number of carboxylic acids is 1. The standard InChI is InChI=1S/C21H34O4/c1-3-4-9-15-21(2,25)16-14-17-12-13-19(22)18(17)10-7-5-6-8-11-20(23)24/h5,7,12,18,25H,3-4,6,8-11,13-16H2,1-2H3,(H,23,24)/b7-5-/t18-,21?/m1/s1. The lowest BCUT2D eigenvalue weighted by atomic mass is 9.87. The Morgan fingerprint density at radius 2 is 2.04 bits per heavy atom. The highest BCUT2D eigenvalue weighted by atomic mass is 16.4. The van der Waals surface area contributed by atoms with Gasteiger partial charge in [0.2, 0.25) is 0 Å². The van der Waals surface area contributed by atoms with E-state index in [9.17, 15) is 14.7 Å². The van der Waals surface area contributed by atoms with E-state index in [0.717, 1.165) is 44.1 Å². The Balaban J connectivity index is 2.39. The monoisotopic (exact) mass is 350 g/mol. The van der Waals surface area contributed by atoms with Crippen LogP contribution in [-0.2, 0) is 9.59 Å². The largest absolute Gasteiger partial charge is 0.481 e.